The molecule has 0 saturated carbocycles. The molecule has 0 unspecified atom stereocenters. The lowest BCUT2D eigenvalue weighted by atomic mass is 10.1. The highest BCUT2D eigenvalue weighted by molar-refractivity contribution is 5.81. The highest BCUT2D eigenvalue weighted by Crippen LogP contribution is 2.30. The van der Waals surface area contributed by atoms with Crippen molar-refractivity contribution in [2.75, 3.05) is 6.61 Å². The summed E-state index contributed by atoms with van der Waals surface area (Å²) in [7, 11) is 0. The van der Waals surface area contributed by atoms with E-state index in [-0.39, 0.29) is 18.1 Å². The number of pyridine rings is 1. The molecule has 0 spiro atoms. The Balaban J connectivity index is 1.32. The first-order valence-electron chi connectivity index (χ1n) is 9.08. The molecule has 0 radical (unpaired) electrons. The fraction of sp³-hybridized carbons (Fsp3) is 0.182. The summed E-state index contributed by atoms with van der Waals surface area (Å²) in [6.45, 7) is 1.10. The van der Waals surface area contributed by atoms with E-state index in [0.717, 1.165) is 11.1 Å². The molecule has 1 atom stereocenters. The van der Waals surface area contributed by atoms with E-state index in [4.69, 9.17) is 9.47 Å². The summed E-state index contributed by atoms with van der Waals surface area (Å²) in [5.74, 6) is 1.02. The Morgan fingerprint density at radius 3 is 2.46 bits per heavy atom. The van der Waals surface area contributed by atoms with Gasteiger partial charge in [0.15, 0.2) is 11.5 Å². The standard InChI is InChI=1S/C22H20N2O4/c25-21-7-3-4-12-24(21)14-17-10-8-16(9-11-17)13-23-22(26)20-15-27-18-5-1-2-6-19(18)28-20/h1-12,20H,13-15H2,(H,23,26)/t20-/m0/s1. The number of nitrogens with zero attached hydrogens (tertiary/aromatic N) is 1. The van der Waals surface area contributed by atoms with Crippen LogP contribution >= 0.6 is 0 Å². The topological polar surface area (TPSA) is 69.6 Å². The van der Waals surface area contributed by atoms with E-state index in [1.54, 1.807) is 29.0 Å². The van der Waals surface area contributed by atoms with Gasteiger partial charge in [-0.15, -0.1) is 0 Å². The van der Waals surface area contributed by atoms with E-state index in [1.807, 2.05) is 48.5 Å². The van der Waals surface area contributed by atoms with Gasteiger partial charge in [-0.05, 0) is 29.3 Å². The summed E-state index contributed by atoms with van der Waals surface area (Å²) in [5.41, 5.74) is 1.95. The number of para-hydroxylation sites is 2. The van der Waals surface area contributed by atoms with Crippen LogP contribution in [0.25, 0.3) is 0 Å². The Kier molecular flexibility index (Phi) is 5.10. The third kappa shape index (κ3) is 4.06. The molecule has 1 aromatic heterocycles. The minimum absolute atomic E-state index is 0.0323. The molecule has 6 nitrogen and oxygen atoms in total. The number of rotatable bonds is 5. The van der Waals surface area contributed by atoms with Crippen molar-refractivity contribution in [3.8, 4) is 11.5 Å². The summed E-state index contributed by atoms with van der Waals surface area (Å²) in [6.07, 6.45) is 1.10. The van der Waals surface area contributed by atoms with Crippen LogP contribution in [0.1, 0.15) is 11.1 Å². The van der Waals surface area contributed by atoms with E-state index in [9.17, 15) is 9.59 Å². The van der Waals surface area contributed by atoms with Crippen LogP contribution in [0.3, 0.4) is 0 Å². The van der Waals surface area contributed by atoms with Crippen LogP contribution in [-0.2, 0) is 17.9 Å². The maximum atomic E-state index is 12.4. The average molecular weight is 376 g/mol. The molecule has 2 heterocycles. The zero-order valence-corrected chi connectivity index (χ0v) is 15.2. The largest absolute Gasteiger partial charge is 0.485 e. The second kappa shape index (κ2) is 8.00. The number of hydrogen-bond acceptors (Lipinski definition) is 4. The molecular formula is C22H20N2O4. The van der Waals surface area contributed by atoms with Crippen LogP contribution in [0.2, 0.25) is 0 Å². The zero-order valence-electron chi connectivity index (χ0n) is 15.2. The van der Waals surface area contributed by atoms with Gasteiger partial charge in [-0.2, -0.15) is 0 Å². The normalized spacial score (nSPS) is 15.1. The van der Waals surface area contributed by atoms with Crippen molar-refractivity contribution in [3.05, 3.63) is 94.4 Å². The van der Waals surface area contributed by atoms with Crippen LogP contribution in [0.5, 0.6) is 11.5 Å². The van der Waals surface area contributed by atoms with Crippen LogP contribution in [0.4, 0.5) is 0 Å². The molecule has 4 rings (SSSR count). The predicted octanol–water partition coefficient (Wildman–Crippen LogP) is 2.35. The van der Waals surface area contributed by atoms with Crippen LogP contribution in [0.15, 0.2) is 77.7 Å². The van der Waals surface area contributed by atoms with E-state index in [1.165, 1.54) is 0 Å². The third-order valence-corrected chi connectivity index (χ3v) is 4.54. The molecule has 0 fully saturated rings. The maximum Gasteiger partial charge on any atom is 0.264 e. The van der Waals surface area contributed by atoms with Crippen LogP contribution in [0, 0.1) is 0 Å². The van der Waals surface area contributed by atoms with Gasteiger partial charge in [0.05, 0.1) is 6.54 Å². The maximum absolute atomic E-state index is 12.4. The van der Waals surface area contributed by atoms with E-state index in [0.29, 0.717) is 24.6 Å². The van der Waals surface area contributed by atoms with Gasteiger partial charge in [-0.3, -0.25) is 9.59 Å². The summed E-state index contributed by atoms with van der Waals surface area (Å²) in [4.78, 5) is 24.2. The Hall–Kier alpha value is -3.54. The number of carbonyl (C=O) groups excluding carboxylic acids is 1. The number of amides is 1. The van der Waals surface area contributed by atoms with Gasteiger partial charge in [0, 0.05) is 18.8 Å². The van der Waals surface area contributed by atoms with Gasteiger partial charge >= 0.3 is 0 Å². The Labute approximate surface area is 162 Å². The van der Waals surface area contributed by atoms with Gasteiger partial charge in [-0.1, -0.05) is 42.5 Å². The lowest BCUT2D eigenvalue weighted by molar-refractivity contribution is -0.130. The summed E-state index contributed by atoms with van der Waals surface area (Å²) in [5, 5.41) is 2.88. The molecule has 1 N–H and O–H groups in total. The summed E-state index contributed by atoms with van der Waals surface area (Å²) < 4.78 is 12.9. The Morgan fingerprint density at radius 2 is 1.68 bits per heavy atom. The zero-order chi connectivity index (χ0) is 19.3. The van der Waals surface area contributed by atoms with E-state index in [2.05, 4.69) is 5.32 Å². The molecule has 1 aliphatic heterocycles. The fourth-order valence-electron chi connectivity index (χ4n) is 3.00. The highest BCUT2D eigenvalue weighted by atomic mass is 16.6. The minimum atomic E-state index is -0.667. The molecular weight excluding hydrogens is 356 g/mol. The second-order valence-electron chi connectivity index (χ2n) is 6.57. The molecule has 3 aromatic rings. The predicted molar refractivity (Wildman–Crippen MR) is 104 cm³/mol. The summed E-state index contributed by atoms with van der Waals surface area (Å²) >= 11 is 0. The van der Waals surface area contributed by atoms with Crippen LogP contribution in [-0.4, -0.2) is 23.2 Å². The lowest BCUT2D eigenvalue weighted by Crippen LogP contribution is -2.43. The quantitative estimate of drug-likeness (QED) is 0.742. The third-order valence-electron chi connectivity index (χ3n) is 4.54. The molecule has 0 saturated heterocycles. The number of hydrogen-bond donors (Lipinski definition) is 1. The van der Waals surface area contributed by atoms with Crippen molar-refractivity contribution in [2.24, 2.45) is 0 Å². The number of nitrogens with one attached hydrogen (secondary N) is 1. The molecule has 0 bridgehead atoms. The van der Waals surface area contributed by atoms with Crippen molar-refractivity contribution >= 4 is 5.91 Å². The van der Waals surface area contributed by atoms with Crippen molar-refractivity contribution in [1.29, 1.82) is 0 Å². The van der Waals surface area contributed by atoms with Gasteiger partial charge < -0.3 is 19.4 Å². The Morgan fingerprint density at radius 1 is 0.964 bits per heavy atom. The number of aromatic nitrogens is 1. The molecule has 2 aromatic carbocycles. The van der Waals surface area contributed by atoms with Crippen molar-refractivity contribution < 1.29 is 14.3 Å². The molecule has 0 aliphatic carbocycles. The SMILES string of the molecule is O=C(NCc1ccc(Cn2ccccc2=O)cc1)[C@@H]1COc2ccccc2O1. The molecule has 6 heteroatoms. The first-order valence-corrected chi connectivity index (χ1v) is 9.08. The van der Waals surface area contributed by atoms with Gasteiger partial charge in [0.2, 0.25) is 6.10 Å². The van der Waals surface area contributed by atoms with Gasteiger partial charge in [0.25, 0.3) is 11.5 Å². The van der Waals surface area contributed by atoms with Crippen molar-refractivity contribution in [2.45, 2.75) is 19.2 Å². The average Bonchev–Trinajstić information content (AvgIpc) is 2.74. The summed E-state index contributed by atoms with van der Waals surface area (Å²) in [6, 6.07) is 20.2. The molecule has 1 aliphatic rings. The van der Waals surface area contributed by atoms with Crippen molar-refractivity contribution in [1.82, 2.24) is 9.88 Å². The monoisotopic (exact) mass is 376 g/mol. The number of benzene rings is 2. The van der Waals surface area contributed by atoms with Crippen LogP contribution < -0.4 is 20.3 Å². The lowest BCUT2D eigenvalue weighted by Gasteiger charge is -2.25. The smallest absolute Gasteiger partial charge is 0.264 e. The Bertz CT molecular complexity index is 1030. The van der Waals surface area contributed by atoms with Crippen molar-refractivity contribution in [3.63, 3.8) is 0 Å². The minimum Gasteiger partial charge on any atom is -0.485 e. The second-order valence-corrected chi connectivity index (χ2v) is 6.57. The first kappa shape index (κ1) is 17.9. The van der Waals surface area contributed by atoms with E-state index >= 15 is 0 Å². The fourth-order valence-corrected chi connectivity index (χ4v) is 3.00. The highest BCUT2D eigenvalue weighted by Gasteiger charge is 2.26. The molecule has 142 valence electrons. The number of fused-ring (bicyclic) bond motifs is 1. The number of ether oxygens (including phenoxy) is 2. The first-order chi connectivity index (χ1) is 13.7. The molecule has 28 heavy (non-hydrogen) atoms. The van der Waals surface area contributed by atoms with E-state index < -0.39 is 6.10 Å². The van der Waals surface area contributed by atoms with Gasteiger partial charge in [0.1, 0.15) is 6.61 Å². The van der Waals surface area contributed by atoms with Gasteiger partial charge in [-0.25, -0.2) is 0 Å². The number of carbonyl (C=O) groups is 1. The molecule has 1 amide bonds.